The molecule has 2 aliphatic rings. The molecule has 1 aliphatic heterocycles. The number of ether oxygens (including phenoxy) is 3. The van der Waals surface area contributed by atoms with Crippen molar-refractivity contribution in [2.75, 3.05) is 25.5 Å². The fourth-order valence-electron chi connectivity index (χ4n) is 4.95. The number of nitrogens with one attached hydrogen (secondary N) is 1. The van der Waals surface area contributed by atoms with Gasteiger partial charge in [0.2, 0.25) is 0 Å². The van der Waals surface area contributed by atoms with Gasteiger partial charge in [-0.05, 0) is 50.4 Å². The van der Waals surface area contributed by atoms with Gasteiger partial charge in [-0.15, -0.1) is 0 Å². The van der Waals surface area contributed by atoms with Crippen LogP contribution in [0.4, 0.5) is 5.69 Å². The Bertz CT molecular complexity index is 1190. The van der Waals surface area contributed by atoms with Crippen LogP contribution in [0.25, 0.3) is 22.0 Å². The van der Waals surface area contributed by atoms with Crippen molar-refractivity contribution in [1.29, 1.82) is 0 Å². The van der Waals surface area contributed by atoms with Crippen molar-refractivity contribution in [1.82, 2.24) is 20.3 Å². The normalized spacial score (nSPS) is 18.2. The molecule has 1 aromatic carbocycles. The fourth-order valence-corrected chi connectivity index (χ4v) is 4.95. The van der Waals surface area contributed by atoms with Crippen LogP contribution >= 0.6 is 0 Å². The number of aromatic nitrogens is 3. The lowest BCUT2D eigenvalue weighted by atomic mass is 10.0. The van der Waals surface area contributed by atoms with Gasteiger partial charge in [-0.1, -0.05) is 19.3 Å². The zero-order chi connectivity index (χ0) is 25.5. The first-order chi connectivity index (χ1) is 18.2. The molecule has 0 bridgehead atoms. The van der Waals surface area contributed by atoms with Crippen LogP contribution in [-0.4, -0.2) is 52.8 Å². The number of pyridine rings is 1. The van der Waals surface area contributed by atoms with Gasteiger partial charge in [0.05, 0.1) is 36.7 Å². The molecule has 1 atom stereocenters. The number of nitrogen functional groups attached to an aromatic ring is 1. The molecule has 0 unspecified atom stereocenters. The lowest BCUT2D eigenvalue weighted by molar-refractivity contribution is -0.147. The summed E-state index contributed by atoms with van der Waals surface area (Å²) in [7, 11) is 0. The number of piperidine rings is 1. The predicted molar refractivity (Wildman–Crippen MR) is 141 cm³/mol. The van der Waals surface area contributed by atoms with E-state index in [0.29, 0.717) is 49.6 Å². The van der Waals surface area contributed by atoms with Crippen LogP contribution in [0.2, 0.25) is 0 Å². The molecule has 3 N–H and O–H groups in total. The second kappa shape index (κ2) is 12.3. The molecule has 3 heterocycles. The highest BCUT2D eigenvalue weighted by Gasteiger charge is 2.22. The van der Waals surface area contributed by atoms with E-state index in [1.165, 1.54) is 12.8 Å². The highest BCUT2D eigenvalue weighted by atomic mass is 16.5. The van der Waals surface area contributed by atoms with Crippen molar-refractivity contribution < 1.29 is 19.0 Å². The Morgan fingerprint density at radius 1 is 1.00 bits per heavy atom. The summed E-state index contributed by atoms with van der Waals surface area (Å²) in [5.74, 6) is 1.15. The minimum absolute atomic E-state index is 0.184. The number of carbonyl (C=O) groups is 1. The second-order valence-corrected chi connectivity index (χ2v) is 9.76. The largest absolute Gasteiger partial charge is 0.492 e. The average Bonchev–Trinajstić information content (AvgIpc) is 3.46. The van der Waals surface area contributed by atoms with Gasteiger partial charge in [0.15, 0.2) is 5.82 Å². The molecular weight excluding hydrogens is 470 g/mol. The topological polar surface area (TPSA) is 121 Å². The molecule has 5 rings (SSSR count). The van der Waals surface area contributed by atoms with Gasteiger partial charge in [0, 0.05) is 35.3 Å². The highest BCUT2D eigenvalue weighted by Crippen LogP contribution is 2.37. The zero-order valence-electron chi connectivity index (χ0n) is 21.2. The Kier molecular flexibility index (Phi) is 8.42. The minimum atomic E-state index is -0.195. The van der Waals surface area contributed by atoms with E-state index < -0.39 is 0 Å². The maximum Gasteiger partial charge on any atom is 0.323 e. The van der Waals surface area contributed by atoms with Crippen LogP contribution in [0.1, 0.15) is 57.2 Å². The maximum absolute atomic E-state index is 12.3. The fraction of sp³-hybridized carbons (Fsp3) is 0.500. The standard InChI is InChI=1S/C28H35N5O4/c29-20-14-23-24(31-17-20)10-9-22(19-15-32-26(33-16-19)18-37-21-6-1-2-7-21)27(23)35-12-5-13-36-28(34)25-8-3-4-11-30-25/h9-10,14-17,21,25,30H,1-8,11-13,18,29H2/t25-/m0/s1. The third kappa shape index (κ3) is 6.53. The van der Waals surface area contributed by atoms with Crippen LogP contribution in [0.5, 0.6) is 5.75 Å². The minimum Gasteiger partial charge on any atom is -0.492 e. The monoisotopic (exact) mass is 505 g/mol. The number of nitrogens with zero attached hydrogens (tertiary/aromatic N) is 3. The van der Waals surface area contributed by atoms with Gasteiger partial charge in [0.25, 0.3) is 0 Å². The molecule has 1 saturated carbocycles. The van der Waals surface area contributed by atoms with Crippen molar-refractivity contribution in [2.24, 2.45) is 0 Å². The van der Waals surface area contributed by atoms with E-state index in [2.05, 4.69) is 20.3 Å². The maximum atomic E-state index is 12.3. The number of fused-ring (bicyclic) bond motifs is 1. The molecule has 0 amide bonds. The Morgan fingerprint density at radius 2 is 1.81 bits per heavy atom. The van der Waals surface area contributed by atoms with Crippen molar-refractivity contribution in [2.45, 2.75) is 70.1 Å². The van der Waals surface area contributed by atoms with E-state index in [1.54, 1.807) is 18.6 Å². The molecular formula is C28H35N5O4. The summed E-state index contributed by atoms with van der Waals surface area (Å²) < 4.78 is 17.7. The van der Waals surface area contributed by atoms with Crippen LogP contribution in [0.3, 0.4) is 0 Å². The van der Waals surface area contributed by atoms with Crippen LogP contribution in [0, 0.1) is 0 Å². The molecule has 0 radical (unpaired) electrons. The number of carbonyl (C=O) groups excluding carboxylic acids is 1. The molecule has 2 fully saturated rings. The molecule has 9 nitrogen and oxygen atoms in total. The van der Waals surface area contributed by atoms with Crippen molar-refractivity contribution >= 4 is 22.6 Å². The summed E-state index contributed by atoms with van der Waals surface area (Å²) in [5, 5.41) is 4.03. The summed E-state index contributed by atoms with van der Waals surface area (Å²) >= 11 is 0. The van der Waals surface area contributed by atoms with Gasteiger partial charge in [0.1, 0.15) is 18.4 Å². The van der Waals surface area contributed by atoms with E-state index in [1.807, 2.05) is 18.2 Å². The summed E-state index contributed by atoms with van der Waals surface area (Å²) in [4.78, 5) is 25.8. The molecule has 1 saturated heterocycles. The Balaban J connectivity index is 1.25. The summed E-state index contributed by atoms with van der Waals surface area (Å²) in [6.45, 7) is 1.96. The van der Waals surface area contributed by atoms with E-state index in [4.69, 9.17) is 19.9 Å². The predicted octanol–water partition coefficient (Wildman–Crippen LogP) is 4.19. The van der Waals surface area contributed by atoms with Gasteiger partial charge in [-0.2, -0.15) is 0 Å². The Hall–Kier alpha value is -3.30. The quantitative estimate of drug-likeness (QED) is 0.308. The second-order valence-electron chi connectivity index (χ2n) is 9.76. The van der Waals surface area contributed by atoms with Crippen molar-refractivity contribution in [3.05, 3.63) is 42.6 Å². The molecule has 0 spiro atoms. The Morgan fingerprint density at radius 3 is 2.59 bits per heavy atom. The van der Waals surface area contributed by atoms with E-state index in [9.17, 15) is 4.79 Å². The number of hydrogen-bond acceptors (Lipinski definition) is 9. The smallest absolute Gasteiger partial charge is 0.323 e. The van der Waals surface area contributed by atoms with Crippen LogP contribution < -0.4 is 15.8 Å². The average molecular weight is 506 g/mol. The summed E-state index contributed by atoms with van der Waals surface area (Å²) in [6, 6.07) is 5.57. The number of rotatable bonds is 10. The SMILES string of the molecule is Nc1cnc2ccc(-c3cnc(COC4CCCC4)nc3)c(OCCCOC(=O)[C@@H]3CCCCN3)c2c1. The molecule has 2 aromatic heterocycles. The first-order valence-corrected chi connectivity index (χ1v) is 13.3. The molecule has 9 heteroatoms. The van der Waals surface area contributed by atoms with E-state index >= 15 is 0 Å². The third-order valence-corrected chi connectivity index (χ3v) is 6.98. The van der Waals surface area contributed by atoms with E-state index in [0.717, 1.165) is 60.7 Å². The van der Waals surface area contributed by atoms with Gasteiger partial charge >= 0.3 is 5.97 Å². The third-order valence-electron chi connectivity index (χ3n) is 6.98. The zero-order valence-corrected chi connectivity index (χ0v) is 21.2. The first kappa shape index (κ1) is 25.4. The highest BCUT2D eigenvalue weighted by molar-refractivity contribution is 5.94. The summed E-state index contributed by atoms with van der Waals surface area (Å²) in [5.41, 5.74) is 9.07. The van der Waals surface area contributed by atoms with Crippen LogP contribution in [0.15, 0.2) is 36.8 Å². The Labute approximate surface area is 217 Å². The van der Waals surface area contributed by atoms with Gasteiger partial charge < -0.3 is 25.3 Å². The number of nitrogens with two attached hydrogens (primary N) is 1. The number of hydrogen-bond donors (Lipinski definition) is 2. The van der Waals surface area contributed by atoms with Gasteiger partial charge in [-0.3, -0.25) is 9.78 Å². The molecule has 196 valence electrons. The number of esters is 1. The van der Waals surface area contributed by atoms with Crippen LogP contribution in [-0.2, 0) is 20.9 Å². The molecule has 37 heavy (non-hydrogen) atoms. The van der Waals surface area contributed by atoms with Gasteiger partial charge in [-0.25, -0.2) is 9.97 Å². The number of benzene rings is 1. The lowest BCUT2D eigenvalue weighted by Crippen LogP contribution is -2.41. The molecule has 3 aromatic rings. The van der Waals surface area contributed by atoms with Crippen molar-refractivity contribution in [3.8, 4) is 16.9 Å². The van der Waals surface area contributed by atoms with E-state index in [-0.39, 0.29) is 12.0 Å². The first-order valence-electron chi connectivity index (χ1n) is 13.3. The van der Waals surface area contributed by atoms with Crippen molar-refractivity contribution in [3.63, 3.8) is 0 Å². The summed E-state index contributed by atoms with van der Waals surface area (Å²) in [6.07, 6.45) is 13.8. The molecule has 1 aliphatic carbocycles. The lowest BCUT2D eigenvalue weighted by Gasteiger charge is -2.21. The number of anilines is 1.